The Morgan fingerprint density at radius 3 is 1.86 bits per heavy atom. The minimum atomic E-state index is 0.862. The standard InChI is InChI=1S/C20H35NO/c1-2-22-19-15-10-8-6-4-3-5-7-9-14-18-21-20-16-12-11-13-17-20/h11-13,16-17,21H,2-10,14-15,18-19H2,1H3. The van der Waals surface area contributed by atoms with Gasteiger partial charge in [-0.15, -0.1) is 0 Å². The molecule has 0 aliphatic rings. The fourth-order valence-electron chi connectivity index (χ4n) is 2.68. The van der Waals surface area contributed by atoms with E-state index < -0.39 is 0 Å². The first-order valence-corrected chi connectivity index (χ1v) is 9.30. The zero-order valence-electron chi connectivity index (χ0n) is 14.5. The molecule has 0 heterocycles. The third kappa shape index (κ3) is 11.6. The lowest BCUT2D eigenvalue weighted by Gasteiger charge is -2.06. The predicted molar refractivity (Wildman–Crippen MR) is 97.6 cm³/mol. The van der Waals surface area contributed by atoms with Crippen molar-refractivity contribution in [2.75, 3.05) is 25.1 Å². The number of benzene rings is 1. The molecule has 126 valence electrons. The van der Waals surface area contributed by atoms with Gasteiger partial charge in [0.2, 0.25) is 0 Å². The lowest BCUT2D eigenvalue weighted by molar-refractivity contribution is 0.143. The summed E-state index contributed by atoms with van der Waals surface area (Å²) in [6, 6.07) is 10.5. The number of ether oxygens (including phenoxy) is 1. The van der Waals surface area contributed by atoms with Crippen LogP contribution >= 0.6 is 0 Å². The van der Waals surface area contributed by atoms with E-state index in [2.05, 4.69) is 42.6 Å². The Labute approximate surface area is 137 Å². The molecule has 1 rings (SSSR count). The number of anilines is 1. The minimum Gasteiger partial charge on any atom is -0.385 e. The van der Waals surface area contributed by atoms with Crippen LogP contribution in [0.4, 0.5) is 5.69 Å². The Balaban J connectivity index is 1.73. The highest BCUT2D eigenvalue weighted by Crippen LogP contribution is 2.11. The maximum Gasteiger partial charge on any atom is 0.0465 e. The molecule has 0 unspecified atom stereocenters. The minimum absolute atomic E-state index is 0.862. The number of para-hydroxylation sites is 1. The molecule has 1 aromatic rings. The molecule has 0 aromatic heterocycles. The quantitative estimate of drug-likeness (QED) is 0.399. The summed E-state index contributed by atoms with van der Waals surface area (Å²) in [7, 11) is 0. The van der Waals surface area contributed by atoms with Gasteiger partial charge in [-0.25, -0.2) is 0 Å². The van der Waals surface area contributed by atoms with Crippen molar-refractivity contribution in [3.05, 3.63) is 30.3 Å². The van der Waals surface area contributed by atoms with Crippen LogP contribution in [-0.2, 0) is 4.74 Å². The van der Waals surface area contributed by atoms with Crippen molar-refractivity contribution in [3.63, 3.8) is 0 Å². The highest BCUT2D eigenvalue weighted by atomic mass is 16.5. The summed E-state index contributed by atoms with van der Waals surface area (Å²) in [6.07, 6.45) is 13.6. The van der Waals surface area contributed by atoms with E-state index in [1.807, 2.05) is 0 Å². The average Bonchev–Trinajstić information content (AvgIpc) is 2.56. The lowest BCUT2D eigenvalue weighted by atomic mass is 10.1. The van der Waals surface area contributed by atoms with Gasteiger partial charge in [-0.05, 0) is 31.9 Å². The Hall–Kier alpha value is -1.02. The van der Waals surface area contributed by atoms with Gasteiger partial charge < -0.3 is 10.1 Å². The second-order valence-corrected chi connectivity index (χ2v) is 6.03. The average molecular weight is 306 g/mol. The molecule has 0 spiro atoms. The van der Waals surface area contributed by atoms with Crippen molar-refractivity contribution in [1.29, 1.82) is 0 Å². The van der Waals surface area contributed by atoms with Crippen molar-refractivity contribution in [2.24, 2.45) is 0 Å². The van der Waals surface area contributed by atoms with Crippen LogP contribution in [-0.4, -0.2) is 19.8 Å². The van der Waals surface area contributed by atoms with Gasteiger partial charge in [-0.1, -0.05) is 69.6 Å². The molecule has 22 heavy (non-hydrogen) atoms. The second-order valence-electron chi connectivity index (χ2n) is 6.03. The van der Waals surface area contributed by atoms with Crippen molar-refractivity contribution in [3.8, 4) is 0 Å². The molecule has 0 amide bonds. The van der Waals surface area contributed by atoms with Crippen molar-refractivity contribution >= 4 is 5.69 Å². The zero-order valence-corrected chi connectivity index (χ0v) is 14.5. The first-order chi connectivity index (χ1) is 10.9. The fourth-order valence-corrected chi connectivity index (χ4v) is 2.68. The molecule has 1 N–H and O–H groups in total. The molecule has 0 bridgehead atoms. The summed E-state index contributed by atoms with van der Waals surface area (Å²) in [6.45, 7) is 4.98. The summed E-state index contributed by atoms with van der Waals surface area (Å²) in [4.78, 5) is 0. The first kappa shape index (κ1) is 19.0. The van der Waals surface area contributed by atoms with E-state index in [9.17, 15) is 0 Å². The summed E-state index contributed by atoms with van der Waals surface area (Å²) in [5.74, 6) is 0. The van der Waals surface area contributed by atoms with Gasteiger partial charge in [0.15, 0.2) is 0 Å². The van der Waals surface area contributed by atoms with Gasteiger partial charge >= 0.3 is 0 Å². The van der Waals surface area contributed by atoms with E-state index in [4.69, 9.17) is 4.74 Å². The van der Waals surface area contributed by atoms with Crippen LogP contribution in [0.5, 0.6) is 0 Å². The van der Waals surface area contributed by atoms with Crippen LogP contribution in [0.15, 0.2) is 30.3 Å². The molecule has 0 fully saturated rings. The van der Waals surface area contributed by atoms with E-state index in [-0.39, 0.29) is 0 Å². The number of unbranched alkanes of at least 4 members (excludes halogenated alkanes) is 9. The van der Waals surface area contributed by atoms with Crippen LogP contribution < -0.4 is 5.32 Å². The van der Waals surface area contributed by atoms with E-state index in [1.54, 1.807) is 0 Å². The summed E-state index contributed by atoms with van der Waals surface area (Å²) in [5.41, 5.74) is 1.24. The van der Waals surface area contributed by atoms with Gasteiger partial charge in [-0.3, -0.25) is 0 Å². The maximum absolute atomic E-state index is 5.35. The highest BCUT2D eigenvalue weighted by molar-refractivity contribution is 5.42. The van der Waals surface area contributed by atoms with Gasteiger partial charge in [0, 0.05) is 25.4 Å². The molecule has 0 saturated carbocycles. The van der Waals surface area contributed by atoms with Gasteiger partial charge in [0.1, 0.15) is 0 Å². The van der Waals surface area contributed by atoms with Crippen LogP contribution in [0.2, 0.25) is 0 Å². The van der Waals surface area contributed by atoms with Crippen LogP contribution in [0, 0.1) is 0 Å². The Morgan fingerprint density at radius 2 is 1.27 bits per heavy atom. The Kier molecular flexibility index (Phi) is 12.9. The van der Waals surface area contributed by atoms with Crippen LogP contribution in [0.3, 0.4) is 0 Å². The monoisotopic (exact) mass is 305 g/mol. The lowest BCUT2D eigenvalue weighted by Crippen LogP contribution is -2.00. The molecule has 0 atom stereocenters. The normalized spacial score (nSPS) is 10.8. The fraction of sp³-hybridized carbons (Fsp3) is 0.700. The number of nitrogens with one attached hydrogen (secondary N) is 1. The van der Waals surface area contributed by atoms with Crippen LogP contribution in [0.25, 0.3) is 0 Å². The Morgan fingerprint density at radius 1 is 0.727 bits per heavy atom. The number of hydrogen-bond donors (Lipinski definition) is 1. The summed E-state index contributed by atoms with van der Waals surface area (Å²) in [5, 5.41) is 3.47. The molecule has 0 saturated heterocycles. The molecular formula is C20H35NO. The van der Waals surface area contributed by atoms with Crippen molar-refractivity contribution < 1.29 is 4.74 Å². The first-order valence-electron chi connectivity index (χ1n) is 9.30. The molecule has 0 radical (unpaired) electrons. The molecule has 0 aliphatic carbocycles. The van der Waals surface area contributed by atoms with E-state index >= 15 is 0 Å². The van der Waals surface area contributed by atoms with Gasteiger partial charge in [0.05, 0.1) is 0 Å². The third-order valence-electron chi connectivity index (χ3n) is 4.02. The predicted octanol–water partition coefficient (Wildman–Crippen LogP) is 6.04. The van der Waals surface area contributed by atoms with Gasteiger partial charge in [0.25, 0.3) is 0 Å². The molecule has 0 aliphatic heterocycles. The Bertz CT molecular complexity index is 326. The molecule has 1 aromatic carbocycles. The van der Waals surface area contributed by atoms with E-state index in [0.29, 0.717) is 0 Å². The van der Waals surface area contributed by atoms with Crippen molar-refractivity contribution in [2.45, 2.75) is 71.1 Å². The zero-order chi connectivity index (χ0) is 15.7. The molecule has 2 heteroatoms. The van der Waals surface area contributed by atoms with E-state index in [0.717, 1.165) is 19.8 Å². The van der Waals surface area contributed by atoms with Crippen molar-refractivity contribution in [1.82, 2.24) is 0 Å². The molecular weight excluding hydrogens is 270 g/mol. The summed E-state index contributed by atoms with van der Waals surface area (Å²) < 4.78 is 5.35. The number of hydrogen-bond acceptors (Lipinski definition) is 2. The van der Waals surface area contributed by atoms with Gasteiger partial charge in [-0.2, -0.15) is 0 Å². The smallest absolute Gasteiger partial charge is 0.0465 e. The maximum atomic E-state index is 5.35. The molecule has 2 nitrogen and oxygen atoms in total. The largest absolute Gasteiger partial charge is 0.385 e. The second kappa shape index (κ2) is 14.9. The topological polar surface area (TPSA) is 21.3 Å². The van der Waals surface area contributed by atoms with E-state index in [1.165, 1.54) is 69.9 Å². The third-order valence-corrected chi connectivity index (χ3v) is 4.02. The highest BCUT2D eigenvalue weighted by Gasteiger charge is 1.94. The van der Waals surface area contributed by atoms with Crippen LogP contribution in [0.1, 0.15) is 71.1 Å². The SMILES string of the molecule is CCOCCCCCCCCCCCCNc1ccccc1. The summed E-state index contributed by atoms with van der Waals surface area (Å²) >= 11 is 0. The number of rotatable bonds is 15.